The van der Waals surface area contributed by atoms with Gasteiger partial charge in [-0.15, -0.1) is 0 Å². The van der Waals surface area contributed by atoms with E-state index in [2.05, 4.69) is 20.6 Å². The largest absolute Gasteiger partial charge is 0.445 e. The third kappa shape index (κ3) is 8.27. The maximum Gasteiger partial charge on any atom is 0.408 e. The molecule has 0 radical (unpaired) electrons. The Balaban J connectivity index is 1.70. The van der Waals surface area contributed by atoms with Gasteiger partial charge in [0.15, 0.2) is 5.78 Å². The summed E-state index contributed by atoms with van der Waals surface area (Å²) in [6.07, 6.45) is 2.43. The highest BCUT2D eigenvalue weighted by molar-refractivity contribution is 6.37. The summed E-state index contributed by atoms with van der Waals surface area (Å²) in [4.78, 5) is 59.7. The van der Waals surface area contributed by atoms with Crippen LogP contribution in [0.5, 0.6) is 0 Å². The second-order valence-corrected chi connectivity index (χ2v) is 9.15. The van der Waals surface area contributed by atoms with Crippen molar-refractivity contribution >= 4 is 23.6 Å². The third-order valence-corrected chi connectivity index (χ3v) is 5.72. The number of nitrogens with one attached hydrogen (secondary N) is 2. The number of carbonyl (C=O) groups is 4. The van der Waals surface area contributed by atoms with Gasteiger partial charge in [0.1, 0.15) is 12.4 Å². The van der Waals surface area contributed by atoms with Crippen molar-refractivity contribution in [2.75, 3.05) is 6.54 Å². The predicted molar refractivity (Wildman–Crippen MR) is 128 cm³/mol. The number of benzene rings is 1. The number of ketones is 2. The first kappa shape index (κ1) is 26.0. The van der Waals surface area contributed by atoms with E-state index in [0.29, 0.717) is 37.3 Å². The molecular formula is C26H32N4O5. The second kappa shape index (κ2) is 12.7. The normalized spacial score (nSPS) is 17.2. The molecule has 1 aliphatic heterocycles. The standard InChI is InChI=1S/C26H32N4O5/c1-17(2)13-21(30-26(34)35-16-18-7-4-3-5-8-18)22(31)15-19-14-20-10-12-27-23(29-20)9-6-11-28-25(33)24(19)32/h3-5,7-8,10,12,17,19,21H,6,9,11,13-16H2,1-2H3,(H,28,33)(H,30,34). The van der Waals surface area contributed by atoms with Crippen LogP contribution >= 0.6 is 0 Å². The van der Waals surface area contributed by atoms with Crippen molar-refractivity contribution in [2.24, 2.45) is 11.8 Å². The number of hydrogen-bond donors (Lipinski definition) is 2. The topological polar surface area (TPSA) is 127 Å². The number of ether oxygens (including phenoxy) is 1. The van der Waals surface area contributed by atoms with Crippen LogP contribution in [-0.2, 0) is 38.6 Å². The quantitative estimate of drug-likeness (QED) is 0.556. The average molecular weight is 481 g/mol. The number of fused-ring (bicyclic) bond motifs is 2. The lowest BCUT2D eigenvalue weighted by Gasteiger charge is -2.22. The van der Waals surface area contributed by atoms with Crippen LogP contribution in [0, 0.1) is 11.8 Å². The van der Waals surface area contributed by atoms with Gasteiger partial charge >= 0.3 is 6.09 Å². The summed E-state index contributed by atoms with van der Waals surface area (Å²) in [6.45, 7) is 4.27. The van der Waals surface area contributed by atoms with Gasteiger partial charge in [-0.1, -0.05) is 44.2 Å². The lowest BCUT2D eigenvalue weighted by atomic mass is 9.88. The Morgan fingerprint density at radius 2 is 1.94 bits per heavy atom. The molecular weight excluding hydrogens is 448 g/mol. The van der Waals surface area contributed by atoms with Crippen molar-refractivity contribution in [2.45, 2.75) is 58.6 Å². The van der Waals surface area contributed by atoms with E-state index in [9.17, 15) is 19.2 Å². The molecule has 2 aromatic rings. The number of amides is 2. The molecule has 2 N–H and O–H groups in total. The van der Waals surface area contributed by atoms with E-state index < -0.39 is 29.7 Å². The van der Waals surface area contributed by atoms with Crippen LogP contribution < -0.4 is 10.6 Å². The van der Waals surface area contributed by atoms with Gasteiger partial charge in [0.2, 0.25) is 5.78 Å². The zero-order chi connectivity index (χ0) is 25.2. The molecule has 2 bridgehead atoms. The third-order valence-electron chi connectivity index (χ3n) is 5.72. The maximum atomic E-state index is 13.3. The fraction of sp³-hybridized carbons (Fsp3) is 0.462. The first-order valence-electron chi connectivity index (χ1n) is 11.9. The minimum Gasteiger partial charge on any atom is -0.445 e. The molecule has 186 valence electrons. The molecule has 2 unspecified atom stereocenters. The Morgan fingerprint density at radius 3 is 2.69 bits per heavy atom. The first-order chi connectivity index (χ1) is 16.8. The number of Topliss-reactive ketones (excluding diaryl/α,β-unsaturated/α-hetero) is 2. The second-order valence-electron chi connectivity index (χ2n) is 9.15. The Labute approximate surface area is 205 Å². The van der Waals surface area contributed by atoms with Crippen molar-refractivity contribution in [3.05, 3.63) is 59.7 Å². The number of alkyl carbamates (subject to hydrolysis) is 1. The monoisotopic (exact) mass is 480 g/mol. The highest BCUT2D eigenvalue weighted by atomic mass is 16.5. The van der Waals surface area contributed by atoms with Gasteiger partial charge in [-0.2, -0.15) is 0 Å². The minimum atomic E-state index is -0.889. The summed E-state index contributed by atoms with van der Waals surface area (Å²) in [6, 6.07) is 10.1. The average Bonchev–Trinajstić information content (AvgIpc) is 2.85. The van der Waals surface area contributed by atoms with E-state index in [-0.39, 0.29) is 31.1 Å². The molecule has 9 nitrogen and oxygen atoms in total. The maximum absolute atomic E-state index is 13.3. The zero-order valence-corrected chi connectivity index (χ0v) is 20.2. The van der Waals surface area contributed by atoms with Gasteiger partial charge in [-0.3, -0.25) is 14.4 Å². The van der Waals surface area contributed by atoms with Crippen molar-refractivity contribution in [3.63, 3.8) is 0 Å². The SMILES string of the molecule is CC(C)CC(NC(=O)OCc1ccccc1)C(=O)CC1Cc2ccnc(n2)CCCNC(=O)C1=O. The summed E-state index contributed by atoms with van der Waals surface area (Å²) >= 11 is 0. The highest BCUT2D eigenvalue weighted by Gasteiger charge is 2.32. The number of hydrogen-bond acceptors (Lipinski definition) is 7. The number of carbonyl (C=O) groups excluding carboxylic acids is 4. The molecule has 1 aromatic carbocycles. The number of aryl methyl sites for hydroxylation is 1. The van der Waals surface area contributed by atoms with E-state index in [0.717, 1.165) is 5.56 Å². The van der Waals surface area contributed by atoms with E-state index in [1.165, 1.54) is 0 Å². The molecule has 2 atom stereocenters. The lowest BCUT2D eigenvalue weighted by Crippen LogP contribution is -2.44. The van der Waals surface area contributed by atoms with Crippen LogP contribution in [0.2, 0.25) is 0 Å². The van der Waals surface area contributed by atoms with Gasteiger partial charge in [-0.25, -0.2) is 14.8 Å². The Morgan fingerprint density at radius 1 is 1.17 bits per heavy atom. The van der Waals surface area contributed by atoms with E-state index in [4.69, 9.17) is 4.74 Å². The Bertz CT molecular complexity index is 1040. The summed E-state index contributed by atoms with van der Waals surface area (Å²) in [5.74, 6) is -1.84. The van der Waals surface area contributed by atoms with E-state index >= 15 is 0 Å². The minimum absolute atomic E-state index is 0.0760. The van der Waals surface area contributed by atoms with Gasteiger partial charge in [0.05, 0.1) is 6.04 Å². The van der Waals surface area contributed by atoms with Crippen LogP contribution in [0.1, 0.15) is 50.2 Å². The van der Waals surface area contributed by atoms with Gasteiger partial charge in [-0.05, 0) is 30.4 Å². The van der Waals surface area contributed by atoms with Gasteiger partial charge < -0.3 is 15.4 Å². The van der Waals surface area contributed by atoms with Crippen molar-refractivity contribution < 1.29 is 23.9 Å². The van der Waals surface area contributed by atoms with Crippen LogP contribution in [0.3, 0.4) is 0 Å². The smallest absolute Gasteiger partial charge is 0.408 e. The fourth-order valence-electron chi connectivity index (χ4n) is 3.94. The molecule has 0 spiro atoms. The van der Waals surface area contributed by atoms with Crippen LogP contribution in [-0.4, -0.2) is 46.1 Å². The molecule has 0 saturated carbocycles. The summed E-state index contributed by atoms with van der Waals surface area (Å²) in [7, 11) is 0. The summed E-state index contributed by atoms with van der Waals surface area (Å²) in [5, 5.41) is 5.27. The predicted octanol–water partition coefficient (Wildman–Crippen LogP) is 2.57. The van der Waals surface area contributed by atoms with Gasteiger partial charge in [0, 0.05) is 43.6 Å². The van der Waals surface area contributed by atoms with Crippen LogP contribution in [0.4, 0.5) is 4.79 Å². The van der Waals surface area contributed by atoms with E-state index in [1.54, 1.807) is 12.3 Å². The molecule has 9 heteroatoms. The fourth-order valence-corrected chi connectivity index (χ4v) is 3.94. The Kier molecular flexibility index (Phi) is 9.46. The summed E-state index contributed by atoms with van der Waals surface area (Å²) < 4.78 is 5.28. The first-order valence-corrected chi connectivity index (χ1v) is 11.9. The molecule has 1 aliphatic rings. The molecule has 35 heavy (non-hydrogen) atoms. The molecule has 0 fully saturated rings. The van der Waals surface area contributed by atoms with Gasteiger partial charge in [0.25, 0.3) is 5.91 Å². The van der Waals surface area contributed by atoms with E-state index in [1.807, 2.05) is 44.2 Å². The Hall–Kier alpha value is -3.62. The molecule has 0 aliphatic carbocycles. The number of nitrogens with zero attached hydrogens (tertiary/aromatic N) is 2. The van der Waals surface area contributed by atoms with Crippen LogP contribution in [0.15, 0.2) is 42.6 Å². The highest BCUT2D eigenvalue weighted by Crippen LogP contribution is 2.18. The van der Waals surface area contributed by atoms with Crippen LogP contribution in [0.25, 0.3) is 0 Å². The number of rotatable bonds is 8. The van der Waals surface area contributed by atoms with Crippen molar-refractivity contribution in [1.82, 2.24) is 20.6 Å². The molecule has 3 rings (SSSR count). The molecule has 2 heterocycles. The zero-order valence-electron chi connectivity index (χ0n) is 20.2. The molecule has 0 saturated heterocycles. The van der Waals surface area contributed by atoms with Crippen molar-refractivity contribution in [1.29, 1.82) is 0 Å². The molecule has 1 aromatic heterocycles. The number of aromatic nitrogens is 2. The molecule has 2 amide bonds. The van der Waals surface area contributed by atoms with Crippen molar-refractivity contribution in [3.8, 4) is 0 Å². The lowest BCUT2D eigenvalue weighted by molar-refractivity contribution is -0.141. The summed E-state index contributed by atoms with van der Waals surface area (Å²) in [5.41, 5.74) is 1.43.